The molecule has 0 fully saturated rings. The number of quaternary nitrogens is 1. The van der Waals surface area contributed by atoms with E-state index in [0.29, 0.717) is 0 Å². The van der Waals surface area contributed by atoms with Crippen molar-refractivity contribution in [3.8, 4) is 0 Å². The minimum absolute atomic E-state index is 1.28. The topological polar surface area (TPSA) is 0 Å². The van der Waals surface area contributed by atoms with Crippen LogP contribution in [0.2, 0.25) is 0 Å². The number of hydrogen-bond donors (Lipinski definition) is 0. The van der Waals surface area contributed by atoms with Gasteiger partial charge in [0.15, 0.2) is 0 Å². The molecule has 0 saturated carbocycles. The monoisotopic (exact) mass is 575 g/mol. The first-order valence-electron chi connectivity index (χ1n) is 8.86. The van der Waals surface area contributed by atoms with Gasteiger partial charge in [0, 0.05) is 0 Å². The molecule has 0 rings (SSSR count). The predicted octanol–water partition coefficient (Wildman–Crippen LogP) is 9.08. The van der Waals surface area contributed by atoms with E-state index in [0.717, 1.165) is 0 Å². The zero-order chi connectivity index (χ0) is 28.7. The van der Waals surface area contributed by atoms with E-state index < -0.39 is 42.4 Å². The van der Waals surface area contributed by atoms with Gasteiger partial charge in [-0.15, -0.1) is 0 Å². The van der Waals surface area contributed by atoms with Gasteiger partial charge < -0.3 is 4.48 Å². The zero-order valence-corrected chi connectivity index (χ0v) is 18.4. The van der Waals surface area contributed by atoms with E-state index >= 15 is 0 Å². The summed E-state index contributed by atoms with van der Waals surface area (Å²) in [6, 6.07) is 0. The Hall–Kier alpha value is -0.870. The summed E-state index contributed by atoms with van der Waals surface area (Å²) < 4.78 is 224. The molecule has 34 heavy (non-hydrogen) atoms. The van der Waals surface area contributed by atoms with Crippen molar-refractivity contribution < 1.29 is 82.9 Å². The van der Waals surface area contributed by atoms with Crippen LogP contribution in [0.15, 0.2) is 0 Å². The van der Waals surface area contributed by atoms with Crippen LogP contribution in [0.1, 0.15) is 27.7 Å². The second kappa shape index (κ2) is 8.61. The summed E-state index contributed by atoms with van der Waals surface area (Å²) >= 11 is 0. The second-order valence-electron chi connectivity index (χ2n) is 7.01. The van der Waals surface area contributed by atoms with Crippen LogP contribution >= 0.6 is 6.88 Å². The van der Waals surface area contributed by atoms with E-state index in [2.05, 4.69) is 27.7 Å². The van der Waals surface area contributed by atoms with Crippen LogP contribution in [0.4, 0.5) is 78.4 Å². The van der Waals surface area contributed by atoms with Crippen LogP contribution < -0.4 is 0 Å². The molecule has 0 bridgehead atoms. The van der Waals surface area contributed by atoms with Crippen molar-refractivity contribution >= 4 is 6.88 Å². The summed E-state index contributed by atoms with van der Waals surface area (Å²) in [6.07, 6.45) is -26.1. The van der Waals surface area contributed by atoms with Gasteiger partial charge in [0.25, 0.3) is 0 Å². The molecule has 0 aromatic rings. The number of alkyl halides is 15. The van der Waals surface area contributed by atoms with E-state index in [4.69, 9.17) is 0 Å². The van der Waals surface area contributed by atoms with Gasteiger partial charge in [-0.1, -0.05) is 0 Å². The van der Waals surface area contributed by atoms with Crippen LogP contribution in [-0.2, 0) is 0 Å². The fraction of sp³-hybridized carbons (Fsp3) is 1.00. The third-order valence-electron chi connectivity index (χ3n) is 5.50. The van der Waals surface area contributed by atoms with Gasteiger partial charge in [0.05, 0.1) is 26.2 Å². The number of nitrogens with zero attached hydrogens (tertiary/aromatic N) is 1. The van der Waals surface area contributed by atoms with E-state index in [1.54, 1.807) is 0 Å². The third-order valence-corrected chi connectivity index (χ3v) is 9.86. The van der Waals surface area contributed by atoms with Crippen LogP contribution in [0.3, 0.4) is 0 Å². The summed E-state index contributed by atoms with van der Waals surface area (Å²) in [5, 5.41) is 0. The minimum atomic E-state index is -15.0. The van der Waals surface area contributed by atoms with Crippen LogP contribution in [0.5, 0.6) is 0 Å². The standard InChI is InChI=1S/C8H20N.C6F18P/c1-5-9(6-2,7-3)8-4;7-1(8,9)4(16,17)25(22,23,24,5(18,19)2(10,11)12)6(20,21)3(13,14)15/h5-8H2,1-4H3;/q+1;-1. The molecule has 0 spiro atoms. The number of rotatable bonds is 7. The molecule has 0 amide bonds. The van der Waals surface area contributed by atoms with Crippen molar-refractivity contribution in [2.75, 3.05) is 26.2 Å². The van der Waals surface area contributed by atoms with Gasteiger partial charge in [-0.25, -0.2) is 0 Å². The Bertz CT molecular complexity index is 609. The van der Waals surface area contributed by atoms with Gasteiger partial charge in [0.2, 0.25) is 0 Å². The molecule has 0 heterocycles. The van der Waals surface area contributed by atoms with Crippen molar-refractivity contribution in [2.45, 2.75) is 63.2 Å². The summed E-state index contributed by atoms with van der Waals surface area (Å²) in [5.41, 5.74) is -29.3. The molecule has 0 aromatic carbocycles. The molecule has 0 aromatic heterocycles. The number of halogens is 18. The Morgan fingerprint density at radius 2 is 0.559 bits per heavy atom. The average Bonchev–Trinajstić information content (AvgIpc) is 2.61. The van der Waals surface area contributed by atoms with E-state index in [1.165, 1.54) is 30.7 Å². The number of hydrogen-bond acceptors (Lipinski definition) is 0. The van der Waals surface area contributed by atoms with Crippen LogP contribution in [0, 0.1) is 0 Å². The summed E-state index contributed by atoms with van der Waals surface area (Å²) in [7, 11) is 0. The molecule has 0 unspecified atom stereocenters. The summed E-state index contributed by atoms with van der Waals surface area (Å²) in [4.78, 5) is 0. The molecule has 0 N–H and O–H groups in total. The first kappa shape index (κ1) is 35.3. The molecule has 212 valence electrons. The molecule has 0 radical (unpaired) electrons. The molecule has 0 aliphatic heterocycles. The van der Waals surface area contributed by atoms with Gasteiger partial charge in [0.1, 0.15) is 0 Å². The summed E-state index contributed by atoms with van der Waals surface area (Å²) in [5.74, 6) is 0. The van der Waals surface area contributed by atoms with Crippen LogP contribution in [-0.4, -0.2) is 66.2 Å². The maximum absolute atomic E-state index is 15.0. The molecule has 20 heteroatoms. The fourth-order valence-electron chi connectivity index (χ4n) is 2.68. The zero-order valence-electron chi connectivity index (χ0n) is 17.5. The molecular weight excluding hydrogens is 555 g/mol. The van der Waals surface area contributed by atoms with Crippen molar-refractivity contribution in [3.63, 3.8) is 0 Å². The normalized spacial score (nSPS) is 17.5. The third kappa shape index (κ3) is 4.09. The second-order valence-corrected chi connectivity index (χ2v) is 11.3. The molecule has 0 atom stereocenters. The Labute approximate surface area is 180 Å². The quantitative estimate of drug-likeness (QED) is 0.162. The molecule has 0 saturated heterocycles. The SMILES string of the molecule is CC[N+](CC)(CC)CC.FC(F)(F)C(F)(F)[P-](F)(F)(F)(C(F)(F)C(F)(F)F)C(F)(F)C(F)(F)F. The van der Waals surface area contributed by atoms with Crippen molar-refractivity contribution in [1.82, 2.24) is 0 Å². The van der Waals surface area contributed by atoms with Gasteiger partial charge in [-0.05, 0) is 27.7 Å². The Morgan fingerprint density at radius 3 is 0.618 bits per heavy atom. The molecule has 0 aliphatic carbocycles. The summed E-state index contributed by atoms with van der Waals surface area (Å²) in [6.45, 7) is -0.784. The first-order valence-corrected chi connectivity index (χ1v) is 11.2. The van der Waals surface area contributed by atoms with E-state index in [-0.39, 0.29) is 0 Å². The van der Waals surface area contributed by atoms with E-state index in [1.807, 2.05) is 0 Å². The van der Waals surface area contributed by atoms with Crippen molar-refractivity contribution in [1.29, 1.82) is 0 Å². The van der Waals surface area contributed by atoms with Gasteiger partial charge in [-0.3, -0.25) is 0 Å². The van der Waals surface area contributed by atoms with Gasteiger partial charge >= 0.3 is 121 Å². The Balaban J connectivity index is 0. The first-order chi connectivity index (χ1) is 14.3. The molecular formula is C14H20F18NP. The molecule has 1 nitrogen and oxygen atoms in total. The van der Waals surface area contributed by atoms with Crippen molar-refractivity contribution in [3.05, 3.63) is 0 Å². The Morgan fingerprint density at radius 1 is 0.412 bits per heavy atom. The van der Waals surface area contributed by atoms with Gasteiger partial charge in [-0.2, -0.15) is 0 Å². The Kier molecular flexibility index (Phi) is 8.94. The maximum atomic E-state index is 13.4. The van der Waals surface area contributed by atoms with Crippen LogP contribution in [0.25, 0.3) is 0 Å². The predicted molar refractivity (Wildman–Crippen MR) is 85.7 cm³/mol. The average molecular weight is 575 g/mol. The fourth-order valence-corrected chi connectivity index (χ4v) is 5.36. The van der Waals surface area contributed by atoms with Crippen molar-refractivity contribution in [2.24, 2.45) is 0 Å². The van der Waals surface area contributed by atoms with E-state index in [9.17, 15) is 78.4 Å². The molecule has 0 aliphatic rings.